The van der Waals surface area contributed by atoms with Crippen LogP contribution in [0.5, 0.6) is 5.75 Å². The normalized spacial score (nSPS) is 13.6. The number of hydrogen-bond donors (Lipinski definition) is 1. The number of benzene rings is 2. The first-order chi connectivity index (χ1) is 15.8. The standard InChI is InChI=1S/C25H25ClN2O5/c1-4-32-24-15(3)25-19(17-7-5-6-8-22(17)33-25)13-18(24)14(2)11-23(29)27-16-9-10-20(26)21(12-16)28(30)31/h9-13H,4-8H2,1-3H3,(H,27,29)/b14-11+. The summed E-state index contributed by atoms with van der Waals surface area (Å²) in [6.45, 7) is 6.22. The Hall–Kier alpha value is -3.32. The molecule has 0 radical (unpaired) electrons. The van der Waals surface area contributed by atoms with Gasteiger partial charge in [0.1, 0.15) is 22.1 Å². The molecule has 2 aromatic carbocycles. The minimum absolute atomic E-state index is 0.0123. The van der Waals surface area contributed by atoms with Crippen LogP contribution in [-0.4, -0.2) is 17.4 Å². The fourth-order valence-electron chi connectivity index (χ4n) is 4.34. The molecule has 3 aromatic rings. The van der Waals surface area contributed by atoms with Gasteiger partial charge in [-0.3, -0.25) is 14.9 Å². The second-order valence-corrected chi connectivity index (χ2v) is 8.55. The molecule has 0 bridgehead atoms. The van der Waals surface area contributed by atoms with Gasteiger partial charge in [-0.2, -0.15) is 0 Å². The molecule has 1 heterocycles. The van der Waals surface area contributed by atoms with Gasteiger partial charge in [0.15, 0.2) is 0 Å². The largest absolute Gasteiger partial charge is 0.493 e. The van der Waals surface area contributed by atoms with Crippen molar-refractivity contribution >= 4 is 45.4 Å². The molecular formula is C25H25ClN2O5. The van der Waals surface area contributed by atoms with Crippen molar-refractivity contribution in [1.82, 2.24) is 0 Å². The fourth-order valence-corrected chi connectivity index (χ4v) is 4.53. The number of fused-ring (bicyclic) bond motifs is 3. The Labute approximate surface area is 196 Å². The van der Waals surface area contributed by atoms with Crippen molar-refractivity contribution in [2.24, 2.45) is 0 Å². The Morgan fingerprint density at radius 2 is 2.06 bits per heavy atom. The lowest BCUT2D eigenvalue weighted by Crippen LogP contribution is -2.09. The van der Waals surface area contributed by atoms with E-state index in [9.17, 15) is 14.9 Å². The number of furan rings is 1. The minimum atomic E-state index is -0.586. The van der Waals surface area contributed by atoms with E-state index in [2.05, 4.69) is 5.32 Å². The summed E-state index contributed by atoms with van der Waals surface area (Å²) in [7, 11) is 0. The van der Waals surface area contributed by atoms with Gasteiger partial charge in [-0.25, -0.2) is 0 Å². The van der Waals surface area contributed by atoms with Crippen LogP contribution in [0.25, 0.3) is 16.5 Å². The van der Waals surface area contributed by atoms with Crippen LogP contribution in [0, 0.1) is 17.0 Å². The molecule has 4 rings (SSSR count). The summed E-state index contributed by atoms with van der Waals surface area (Å²) in [5.74, 6) is 1.33. The van der Waals surface area contributed by atoms with Crippen molar-refractivity contribution < 1.29 is 18.9 Å². The number of aryl methyl sites for hydroxylation is 3. The average Bonchev–Trinajstić information content (AvgIpc) is 3.15. The topological polar surface area (TPSA) is 94.6 Å². The maximum absolute atomic E-state index is 12.7. The Balaban J connectivity index is 1.71. The number of carbonyl (C=O) groups excluding carboxylic acids is 1. The first-order valence-corrected chi connectivity index (χ1v) is 11.3. The molecule has 172 valence electrons. The van der Waals surface area contributed by atoms with Gasteiger partial charge < -0.3 is 14.5 Å². The van der Waals surface area contributed by atoms with E-state index < -0.39 is 10.8 Å². The molecule has 1 aliphatic rings. The molecule has 1 N–H and O–H groups in total. The third kappa shape index (κ3) is 4.46. The number of nitro benzene ring substituents is 1. The Morgan fingerprint density at radius 3 is 2.79 bits per heavy atom. The Bertz CT molecular complexity index is 1290. The van der Waals surface area contributed by atoms with Crippen LogP contribution in [0.4, 0.5) is 11.4 Å². The van der Waals surface area contributed by atoms with Crippen LogP contribution in [0.15, 0.2) is 34.8 Å². The number of ether oxygens (including phenoxy) is 1. The van der Waals surface area contributed by atoms with E-state index in [4.69, 9.17) is 20.8 Å². The number of nitrogens with zero attached hydrogens (tertiary/aromatic N) is 1. The summed E-state index contributed by atoms with van der Waals surface area (Å²) < 4.78 is 12.2. The van der Waals surface area contributed by atoms with Crippen LogP contribution in [0.1, 0.15) is 49.1 Å². The maximum atomic E-state index is 12.7. The van der Waals surface area contributed by atoms with Gasteiger partial charge >= 0.3 is 0 Å². The van der Waals surface area contributed by atoms with E-state index in [1.54, 1.807) is 0 Å². The van der Waals surface area contributed by atoms with E-state index in [1.807, 2.05) is 26.8 Å². The highest BCUT2D eigenvalue weighted by Crippen LogP contribution is 2.41. The van der Waals surface area contributed by atoms with Crippen LogP contribution >= 0.6 is 11.6 Å². The molecule has 0 atom stereocenters. The van der Waals surface area contributed by atoms with Gasteiger partial charge in [0.2, 0.25) is 5.91 Å². The number of carbonyl (C=O) groups is 1. The van der Waals surface area contributed by atoms with E-state index in [-0.39, 0.29) is 10.7 Å². The number of allylic oxidation sites excluding steroid dienone is 1. The van der Waals surface area contributed by atoms with Crippen LogP contribution < -0.4 is 10.1 Å². The first-order valence-electron chi connectivity index (χ1n) is 10.9. The summed E-state index contributed by atoms with van der Waals surface area (Å²) in [6, 6.07) is 6.20. The lowest BCUT2D eigenvalue weighted by molar-refractivity contribution is -0.384. The summed E-state index contributed by atoms with van der Waals surface area (Å²) in [5.41, 5.74) is 4.58. The highest BCUT2D eigenvalue weighted by atomic mass is 35.5. The SMILES string of the molecule is CCOc1c(/C(C)=C/C(=O)Nc2ccc(Cl)c([N+](=O)[O-])c2)cc2c3c(oc2c1C)CCCC3. The second-order valence-electron chi connectivity index (χ2n) is 8.14. The Kier molecular flexibility index (Phi) is 6.42. The summed E-state index contributed by atoms with van der Waals surface area (Å²) in [6.07, 6.45) is 5.64. The van der Waals surface area contributed by atoms with Crippen LogP contribution in [0.2, 0.25) is 5.02 Å². The molecular weight excluding hydrogens is 444 g/mol. The minimum Gasteiger partial charge on any atom is -0.493 e. The summed E-state index contributed by atoms with van der Waals surface area (Å²) >= 11 is 5.85. The number of hydrogen-bond acceptors (Lipinski definition) is 5. The van der Waals surface area contributed by atoms with Gasteiger partial charge in [0.25, 0.3) is 5.69 Å². The van der Waals surface area contributed by atoms with Gasteiger partial charge in [-0.05, 0) is 63.8 Å². The average molecular weight is 469 g/mol. The van der Waals surface area contributed by atoms with Gasteiger partial charge in [-0.15, -0.1) is 0 Å². The predicted molar refractivity (Wildman–Crippen MR) is 129 cm³/mol. The molecule has 0 fully saturated rings. The van der Waals surface area contributed by atoms with Gasteiger partial charge in [-0.1, -0.05) is 11.6 Å². The second kappa shape index (κ2) is 9.27. The fraction of sp³-hybridized carbons (Fsp3) is 0.320. The molecule has 1 aliphatic carbocycles. The van der Waals surface area contributed by atoms with Crippen LogP contribution in [0.3, 0.4) is 0 Å². The predicted octanol–water partition coefficient (Wildman–Crippen LogP) is 6.62. The highest BCUT2D eigenvalue weighted by molar-refractivity contribution is 6.32. The lowest BCUT2D eigenvalue weighted by atomic mass is 9.93. The summed E-state index contributed by atoms with van der Waals surface area (Å²) in [5, 5.41) is 14.9. The zero-order chi connectivity index (χ0) is 23.7. The first kappa shape index (κ1) is 22.9. The molecule has 8 heteroatoms. The number of amides is 1. The van der Waals surface area contributed by atoms with E-state index in [1.165, 1.54) is 29.8 Å². The number of nitrogens with one attached hydrogen (secondary N) is 1. The van der Waals surface area contributed by atoms with E-state index >= 15 is 0 Å². The number of anilines is 1. The zero-order valence-corrected chi connectivity index (χ0v) is 19.5. The van der Waals surface area contributed by atoms with Gasteiger partial charge in [0.05, 0.1) is 11.5 Å². The molecule has 0 spiro atoms. The maximum Gasteiger partial charge on any atom is 0.289 e. The van der Waals surface area contributed by atoms with Crippen molar-refractivity contribution in [3.8, 4) is 5.75 Å². The van der Waals surface area contributed by atoms with Crippen molar-refractivity contribution in [2.45, 2.75) is 46.5 Å². The van der Waals surface area contributed by atoms with Crippen molar-refractivity contribution in [1.29, 1.82) is 0 Å². The summed E-state index contributed by atoms with van der Waals surface area (Å²) in [4.78, 5) is 23.2. The monoisotopic (exact) mass is 468 g/mol. The molecule has 33 heavy (non-hydrogen) atoms. The van der Waals surface area contributed by atoms with E-state index in [0.717, 1.165) is 59.1 Å². The molecule has 0 aliphatic heterocycles. The number of nitro groups is 1. The lowest BCUT2D eigenvalue weighted by Gasteiger charge is -2.15. The molecule has 7 nitrogen and oxygen atoms in total. The smallest absolute Gasteiger partial charge is 0.289 e. The molecule has 0 saturated carbocycles. The number of rotatable bonds is 6. The quantitative estimate of drug-likeness (QED) is 0.249. The molecule has 1 aromatic heterocycles. The third-order valence-corrected chi connectivity index (χ3v) is 6.22. The van der Waals surface area contributed by atoms with E-state index in [0.29, 0.717) is 18.0 Å². The van der Waals surface area contributed by atoms with Gasteiger partial charge in [0, 0.05) is 46.3 Å². The van der Waals surface area contributed by atoms with Crippen molar-refractivity contribution in [3.05, 3.63) is 67.9 Å². The molecule has 1 amide bonds. The molecule has 0 unspecified atom stereocenters. The zero-order valence-electron chi connectivity index (χ0n) is 18.8. The third-order valence-electron chi connectivity index (χ3n) is 5.90. The van der Waals surface area contributed by atoms with Crippen LogP contribution in [-0.2, 0) is 17.6 Å². The highest BCUT2D eigenvalue weighted by Gasteiger charge is 2.23. The van der Waals surface area contributed by atoms with Crippen molar-refractivity contribution in [2.75, 3.05) is 11.9 Å². The van der Waals surface area contributed by atoms with Crippen molar-refractivity contribution in [3.63, 3.8) is 0 Å². The number of halogens is 1. The Morgan fingerprint density at radius 1 is 1.30 bits per heavy atom. The molecule has 0 saturated heterocycles.